The molecule has 1 rings (SSSR count). The number of rotatable bonds is 3. The predicted octanol–water partition coefficient (Wildman–Crippen LogP) is 1.42. The predicted molar refractivity (Wildman–Crippen MR) is 63.5 cm³/mol. The third-order valence-corrected chi connectivity index (χ3v) is 2.32. The van der Waals surface area contributed by atoms with Crippen LogP contribution in [0.4, 0.5) is 5.69 Å². The van der Waals surface area contributed by atoms with E-state index in [9.17, 15) is 9.59 Å². The van der Waals surface area contributed by atoms with Crippen LogP contribution in [-0.2, 0) is 4.79 Å². The van der Waals surface area contributed by atoms with E-state index in [2.05, 4.69) is 5.32 Å². The Hall–Kier alpha value is -1.84. The van der Waals surface area contributed by atoms with Crippen LogP contribution in [0.25, 0.3) is 0 Å². The molecule has 86 valence electrons. The van der Waals surface area contributed by atoms with Crippen molar-refractivity contribution in [3.05, 3.63) is 29.8 Å². The summed E-state index contributed by atoms with van der Waals surface area (Å²) in [4.78, 5) is 24.5. The van der Waals surface area contributed by atoms with Gasteiger partial charge >= 0.3 is 0 Å². The smallest absolute Gasteiger partial charge is 0.253 e. The molecule has 0 saturated carbocycles. The zero-order valence-corrected chi connectivity index (χ0v) is 9.78. The highest BCUT2D eigenvalue weighted by Crippen LogP contribution is 2.18. The number of nitrogens with zero attached hydrogens (tertiary/aromatic N) is 1. The van der Waals surface area contributed by atoms with Crippen molar-refractivity contribution < 1.29 is 9.59 Å². The summed E-state index contributed by atoms with van der Waals surface area (Å²) in [6, 6.07) is 7.05. The summed E-state index contributed by atoms with van der Waals surface area (Å²) < 4.78 is 0. The molecule has 16 heavy (non-hydrogen) atoms. The lowest BCUT2D eigenvalue weighted by atomic mass is 10.1. The van der Waals surface area contributed by atoms with E-state index >= 15 is 0 Å². The zero-order chi connectivity index (χ0) is 12.1. The Kier molecular flexibility index (Phi) is 4.05. The van der Waals surface area contributed by atoms with Gasteiger partial charge in [-0.05, 0) is 19.1 Å². The summed E-state index contributed by atoms with van der Waals surface area (Å²) in [5.74, 6) is -0.261. The van der Waals surface area contributed by atoms with E-state index in [-0.39, 0.29) is 11.8 Å². The lowest BCUT2D eigenvalue weighted by Crippen LogP contribution is -2.29. The van der Waals surface area contributed by atoms with E-state index in [1.165, 1.54) is 11.8 Å². The first kappa shape index (κ1) is 12.2. The molecule has 0 aliphatic rings. The minimum atomic E-state index is -0.161. The molecular formula is C12H16N2O2. The Morgan fingerprint density at radius 2 is 1.94 bits per heavy atom. The van der Waals surface area contributed by atoms with Crippen LogP contribution in [0.2, 0.25) is 0 Å². The average molecular weight is 220 g/mol. The van der Waals surface area contributed by atoms with Crippen LogP contribution in [0.15, 0.2) is 24.3 Å². The first-order chi connectivity index (χ1) is 7.57. The molecule has 0 fully saturated rings. The van der Waals surface area contributed by atoms with Crippen LogP contribution in [0.3, 0.4) is 0 Å². The fraction of sp³-hybridized carbons (Fsp3) is 0.333. The summed E-state index contributed by atoms with van der Waals surface area (Å²) in [6.07, 6.45) is 0. The van der Waals surface area contributed by atoms with Crippen LogP contribution in [-0.4, -0.2) is 25.4 Å². The summed E-state index contributed by atoms with van der Waals surface area (Å²) in [5.41, 5.74) is 1.14. The zero-order valence-electron chi connectivity index (χ0n) is 9.78. The van der Waals surface area contributed by atoms with Crippen molar-refractivity contribution >= 4 is 17.5 Å². The number of carbonyl (C=O) groups is 2. The van der Waals surface area contributed by atoms with Gasteiger partial charge in [-0.2, -0.15) is 0 Å². The molecule has 0 aromatic heterocycles. The fourth-order valence-electron chi connectivity index (χ4n) is 1.38. The number of anilines is 1. The van der Waals surface area contributed by atoms with Crippen molar-refractivity contribution in [2.24, 2.45) is 0 Å². The molecule has 0 atom stereocenters. The molecule has 0 aliphatic carbocycles. The molecule has 4 heteroatoms. The van der Waals surface area contributed by atoms with E-state index in [0.717, 1.165) is 0 Å². The molecule has 0 bridgehead atoms. The van der Waals surface area contributed by atoms with Gasteiger partial charge in [0.2, 0.25) is 5.91 Å². The van der Waals surface area contributed by atoms with Crippen molar-refractivity contribution in [1.29, 1.82) is 0 Å². The number of hydrogen-bond donors (Lipinski definition) is 1. The third kappa shape index (κ3) is 2.59. The Morgan fingerprint density at radius 3 is 2.50 bits per heavy atom. The number of benzene rings is 1. The Morgan fingerprint density at radius 1 is 1.31 bits per heavy atom. The second kappa shape index (κ2) is 5.30. The van der Waals surface area contributed by atoms with E-state index in [0.29, 0.717) is 17.8 Å². The fourth-order valence-corrected chi connectivity index (χ4v) is 1.38. The molecule has 1 aromatic carbocycles. The number of carbonyl (C=O) groups excluding carboxylic acids is 2. The summed E-state index contributed by atoms with van der Waals surface area (Å²) in [7, 11) is 1.65. The van der Waals surface area contributed by atoms with Gasteiger partial charge in [-0.15, -0.1) is 0 Å². The summed E-state index contributed by atoms with van der Waals surface area (Å²) in [5, 5.41) is 2.72. The number of amides is 2. The van der Waals surface area contributed by atoms with Gasteiger partial charge in [0.1, 0.15) is 0 Å². The summed E-state index contributed by atoms with van der Waals surface area (Å²) >= 11 is 0. The molecule has 4 nitrogen and oxygen atoms in total. The van der Waals surface area contributed by atoms with E-state index in [1.54, 1.807) is 31.3 Å². The second-order valence-corrected chi connectivity index (χ2v) is 3.45. The first-order valence-corrected chi connectivity index (χ1v) is 5.19. The quantitative estimate of drug-likeness (QED) is 0.837. The molecule has 0 spiro atoms. The van der Waals surface area contributed by atoms with E-state index in [1.807, 2.05) is 6.92 Å². The molecule has 0 unspecified atom stereocenters. The van der Waals surface area contributed by atoms with Gasteiger partial charge in [0, 0.05) is 20.5 Å². The van der Waals surface area contributed by atoms with Gasteiger partial charge in [0.25, 0.3) is 5.91 Å². The summed E-state index contributed by atoms with van der Waals surface area (Å²) in [6.45, 7) is 3.89. The number of para-hydroxylation sites is 1. The van der Waals surface area contributed by atoms with Gasteiger partial charge in [-0.25, -0.2) is 0 Å². The molecular weight excluding hydrogens is 204 g/mol. The maximum absolute atomic E-state index is 11.7. The van der Waals surface area contributed by atoms with Crippen molar-refractivity contribution in [3.8, 4) is 0 Å². The van der Waals surface area contributed by atoms with E-state index in [4.69, 9.17) is 0 Å². The molecule has 0 heterocycles. The Labute approximate surface area is 95.3 Å². The van der Waals surface area contributed by atoms with Gasteiger partial charge in [0.05, 0.1) is 11.3 Å². The van der Waals surface area contributed by atoms with Crippen LogP contribution in [0.1, 0.15) is 24.2 Å². The molecule has 1 aromatic rings. The molecule has 1 N–H and O–H groups in total. The molecule has 0 radical (unpaired) electrons. The number of nitrogens with one attached hydrogen (secondary N) is 1. The minimum absolute atomic E-state index is 0.100. The topological polar surface area (TPSA) is 49.4 Å². The Bertz CT molecular complexity index is 402. The number of hydrogen-bond acceptors (Lipinski definition) is 2. The van der Waals surface area contributed by atoms with Gasteiger partial charge in [0.15, 0.2) is 0 Å². The standard InChI is InChI=1S/C12H16N2O2/c1-4-13-12(16)10-7-5-6-8-11(10)14(3)9(2)15/h5-8H,4H2,1-3H3,(H,13,16). The third-order valence-electron chi connectivity index (χ3n) is 2.32. The molecule has 0 aliphatic heterocycles. The Balaban J connectivity index is 3.09. The highest BCUT2D eigenvalue weighted by Gasteiger charge is 2.14. The highest BCUT2D eigenvalue weighted by molar-refractivity contribution is 6.04. The van der Waals surface area contributed by atoms with Crippen molar-refractivity contribution in [1.82, 2.24) is 5.32 Å². The SMILES string of the molecule is CCNC(=O)c1ccccc1N(C)C(C)=O. The average Bonchev–Trinajstić information content (AvgIpc) is 2.28. The van der Waals surface area contributed by atoms with Gasteiger partial charge in [-0.3, -0.25) is 9.59 Å². The minimum Gasteiger partial charge on any atom is -0.352 e. The van der Waals surface area contributed by atoms with Crippen LogP contribution in [0.5, 0.6) is 0 Å². The second-order valence-electron chi connectivity index (χ2n) is 3.45. The van der Waals surface area contributed by atoms with Crippen LogP contribution in [0, 0.1) is 0 Å². The molecule has 2 amide bonds. The van der Waals surface area contributed by atoms with E-state index < -0.39 is 0 Å². The first-order valence-electron chi connectivity index (χ1n) is 5.19. The van der Waals surface area contributed by atoms with Crippen molar-refractivity contribution in [2.75, 3.05) is 18.5 Å². The maximum Gasteiger partial charge on any atom is 0.253 e. The largest absolute Gasteiger partial charge is 0.352 e. The lowest BCUT2D eigenvalue weighted by molar-refractivity contribution is -0.116. The maximum atomic E-state index is 11.7. The highest BCUT2D eigenvalue weighted by atomic mass is 16.2. The lowest BCUT2D eigenvalue weighted by Gasteiger charge is -2.18. The van der Waals surface area contributed by atoms with Crippen LogP contribution >= 0.6 is 0 Å². The van der Waals surface area contributed by atoms with Crippen molar-refractivity contribution in [3.63, 3.8) is 0 Å². The monoisotopic (exact) mass is 220 g/mol. The van der Waals surface area contributed by atoms with Crippen molar-refractivity contribution in [2.45, 2.75) is 13.8 Å². The normalized spacial score (nSPS) is 9.69. The van der Waals surface area contributed by atoms with Crippen LogP contribution < -0.4 is 10.2 Å². The van der Waals surface area contributed by atoms with Gasteiger partial charge in [-0.1, -0.05) is 12.1 Å². The van der Waals surface area contributed by atoms with Gasteiger partial charge < -0.3 is 10.2 Å². The molecule has 0 saturated heterocycles.